The summed E-state index contributed by atoms with van der Waals surface area (Å²) in [6.07, 6.45) is 2.46. The number of nitrogens with zero attached hydrogens (tertiary/aromatic N) is 3. The van der Waals surface area contributed by atoms with Gasteiger partial charge in [-0.25, -0.2) is 4.39 Å². The highest BCUT2D eigenvalue weighted by atomic mass is 32.1. The average Bonchev–Trinajstić information content (AvgIpc) is 3.50. The molecule has 1 amide bonds. The number of amides is 1. The zero-order valence-corrected chi connectivity index (χ0v) is 18.9. The van der Waals surface area contributed by atoms with Crippen molar-refractivity contribution >= 4 is 22.4 Å². The summed E-state index contributed by atoms with van der Waals surface area (Å²) in [7, 11) is 1.47. The lowest BCUT2D eigenvalue weighted by molar-refractivity contribution is 0.102. The maximum Gasteiger partial charge on any atom is 0.259 e. The predicted octanol–water partition coefficient (Wildman–Crippen LogP) is 5.58. The first-order chi connectivity index (χ1) is 16.0. The number of halogens is 1. The minimum Gasteiger partial charge on any atom is -0.496 e. The molecule has 2 aromatic heterocycles. The molecule has 0 bridgehead atoms. The third-order valence-corrected chi connectivity index (χ3v) is 6.72. The first-order valence-electron chi connectivity index (χ1n) is 10.5. The lowest BCUT2D eigenvalue weighted by atomic mass is 9.98. The molecule has 1 saturated carbocycles. The third-order valence-electron chi connectivity index (χ3n) is 5.75. The molecule has 1 fully saturated rings. The van der Waals surface area contributed by atoms with Gasteiger partial charge in [0.25, 0.3) is 5.91 Å². The Kier molecular flexibility index (Phi) is 5.60. The standard InChI is InChI=1S/C25H21FN4O2S/c1-14-11-17(22-20(26)9-6-10-21(22)32-2)19(13-27-14)23(31)28-25-30-29-24(33-25)18-12-16(18)15-7-4-3-5-8-15/h3-11,13,16,18H,12H2,1-2H3,(H,28,30,31). The van der Waals surface area contributed by atoms with Gasteiger partial charge in [0.15, 0.2) is 0 Å². The molecule has 33 heavy (non-hydrogen) atoms. The number of carbonyl (C=O) groups excluding carboxylic acids is 1. The Hall–Kier alpha value is -3.65. The van der Waals surface area contributed by atoms with E-state index >= 15 is 0 Å². The highest BCUT2D eigenvalue weighted by Crippen LogP contribution is 2.55. The van der Waals surface area contributed by atoms with Crippen LogP contribution in [0.25, 0.3) is 11.1 Å². The molecule has 166 valence electrons. The van der Waals surface area contributed by atoms with Gasteiger partial charge >= 0.3 is 0 Å². The third kappa shape index (κ3) is 4.21. The molecule has 0 aliphatic heterocycles. The molecular weight excluding hydrogens is 439 g/mol. The monoisotopic (exact) mass is 460 g/mol. The zero-order valence-electron chi connectivity index (χ0n) is 18.1. The van der Waals surface area contributed by atoms with E-state index in [0.29, 0.717) is 34.0 Å². The molecule has 1 aliphatic carbocycles. The normalized spacial score (nSPS) is 16.9. The first kappa shape index (κ1) is 21.2. The molecule has 0 saturated heterocycles. The van der Waals surface area contributed by atoms with Crippen LogP contribution in [0.15, 0.2) is 60.8 Å². The number of benzene rings is 2. The summed E-state index contributed by atoms with van der Waals surface area (Å²) in [5.74, 6) is 0.182. The van der Waals surface area contributed by atoms with Crippen LogP contribution < -0.4 is 10.1 Å². The van der Waals surface area contributed by atoms with Crippen molar-refractivity contribution < 1.29 is 13.9 Å². The van der Waals surface area contributed by atoms with E-state index in [1.807, 2.05) is 18.2 Å². The van der Waals surface area contributed by atoms with Gasteiger partial charge < -0.3 is 4.74 Å². The van der Waals surface area contributed by atoms with Crippen LogP contribution in [-0.4, -0.2) is 28.2 Å². The fourth-order valence-electron chi connectivity index (χ4n) is 4.02. The van der Waals surface area contributed by atoms with Crippen molar-refractivity contribution in [3.05, 3.63) is 88.4 Å². The lowest BCUT2D eigenvalue weighted by Gasteiger charge is -2.14. The molecule has 2 aromatic carbocycles. The molecular formula is C25H21FN4O2S. The second-order valence-corrected chi connectivity index (χ2v) is 8.96. The molecule has 2 atom stereocenters. The number of hydrogen-bond donors (Lipinski definition) is 1. The second kappa shape index (κ2) is 8.71. The van der Waals surface area contributed by atoms with Crippen LogP contribution in [0.2, 0.25) is 0 Å². The summed E-state index contributed by atoms with van der Waals surface area (Å²) in [6, 6.07) is 16.6. The van der Waals surface area contributed by atoms with Gasteiger partial charge in [-0.2, -0.15) is 0 Å². The van der Waals surface area contributed by atoms with Crippen LogP contribution in [0.4, 0.5) is 9.52 Å². The lowest BCUT2D eigenvalue weighted by Crippen LogP contribution is -2.14. The molecule has 1 N–H and O–H groups in total. The number of anilines is 1. The van der Waals surface area contributed by atoms with Gasteiger partial charge in [-0.1, -0.05) is 47.7 Å². The van der Waals surface area contributed by atoms with Gasteiger partial charge in [0.2, 0.25) is 5.13 Å². The Morgan fingerprint density at radius 1 is 1.12 bits per heavy atom. The van der Waals surface area contributed by atoms with Crippen LogP contribution in [0.3, 0.4) is 0 Å². The molecule has 2 unspecified atom stereocenters. The van der Waals surface area contributed by atoms with Crippen LogP contribution in [0, 0.1) is 12.7 Å². The molecule has 5 rings (SSSR count). The Morgan fingerprint density at radius 3 is 2.73 bits per heavy atom. The van der Waals surface area contributed by atoms with E-state index in [0.717, 1.165) is 11.4 Å². The van der Waals surface area contributed by atoms with Crippen molar-refractivity contribution in [3.8, 4) is 16.9 Å². The molecule has 6 nitrogen and oxygen atoms in total. The number of carbonyl (C=O) groups is 1. The second-order valence-electron chi connectivity index (χ2n) is 7.95. The number of nitrogens with one attached hydrogen (secondary N) is 1. The quantitative estimate of drug-likeness (QED) is 0.406. The number of methoxy groups -OCH3 is 1. The fraction of sp³-hybridized carbons (Fsp3) is 0.200. The maximum absolute atomic E-state index is 14.7. The molecule has 2 heterocycles. The van der Waals surface area contributed by atoms with E-state index in [4.69, 9.17) is 4.74 Å². The summed E-state index contributed by atoms with van der Waals surface area (Å²) >= 11 is 1.37. The van der Waals surface area contributed by atoms with Crippen molar-refractivity contribution in [2.45, 2.75) is 25.2 Å². The minimum atomic E-state index is -0.479. The van der Waals surface area contributed by atoms with E-state index in [-0.39, 0.29) is 11.1 Å². The molecule has 0 spiro atoms. The van der Waals surface area contributed by atoms with Crippen molar-refractivity contribution in [2.75, 3.05) is 12.4 Å². The number of pyridine rings is 1. The summed E-state index contributed by atoms with van der Waals surface area (Å²) in [5, 5.41) is 12.6. The number of aromatic nitrogens is 3. The number of aryl methyl sites for hydroxylation is 1. The minimum absolute atomic E-state index is 0.220. The number of ether oxygens (including phenoxy) is 1. The largest absolute Gasteiger partial charge is 0.496 e. The van der Waals surface area contributed by atoms with Crippen LogP contribution >= 0.6 is 11.3 Å². The van der Waals surface area contributed by atoms with E-state index in [1.54, 1.807) is 25.1 Å². The predicted molar refractivity (Wildman–Crippen MR) is 125 cm³/mol. The van der Waals surface area contributed by atoms with Gasteiger partial charge in [0, 0.05) is 23.4 Å². The zero-order chi connectivity index (χ0) is 22.9. The highest BCUT2D eigenvalue weighted by molar-refractivity contribution is 7.15. The summed E-state index contributed by atoms with van der Waals surface area (Å²) in [5.41, 5.74) is 2.81. The van der Waals surface area contributed by atoms with Crippen LogP contribution in [0.1, 0.15) is 44.9 Å². The Balaban J connectivity index is 1.39. The Morgan fingerprint density at radius 2 is 1.94 bits per heavy atom. The van der Waals surface area contributed by atoms with Crippen molar-refractivity contribution in [2.24, 2.45) is 0 Å². The van der Waals surface area contributed by atoms with E-state index < -0.39 is 11.7 Å². The molecule has 0 radical (unpaired) electrons. The van der Waals surface area contributed by atoms with Crippen molar-refractivity contribution in [1.82, 2.24) is 15.2 Å². The Bertz CT molecular complexity index is 1330. The first-order valence-corrected chi connectivity index (χ1v) is 11.4. The number of hydrogen-bond acceptors (Lipinski definition) is 6. The summed E-state index contributed by atoms with van der Waals surface area (Å²) in [4.78, 5) is 17.4. The van der Waals surface area contributed by atoms with Gasteiger partial charge in [0.1, 0.15) is 16.6 Å². The van der Waals surface area contributed by atoms with Gasteiger partial charge in [-0.3, -0.25) is 15.1 Å². The fourth-order valence-corrected chi connectivity index (χ4v) is 4.94. The SMILES string of the molecule is COc1cccc(F)c1-c1cc(C)ncc1C(=O)Nc1nnc(C2CC2c2ccccc2)s1. The van der Waals surface area contributed by atoms with Crippen molar-refractivity contribution in [3.63, 3.8) is 0 Å². The maximum atomic E-state index is 14.7. The highest BCUT2D eigenvalue weighted by Gasteiger charge is 2.42. The number of rotatable bonds is 6. The Labute approximate surface area is 194 Å². The molecule has 8 heteroatoms. The van der Waals surface area contributed by atoms with E-state index in [1.165, 1.54) is 36.3 Å². The van der Waals surface area contributed by atoms with Gasteiger partial charge in [0.05, 0.1) is 18.2 Å². The van der Waals surface area contributed by atoms with Gasteiger partial charge in [-0.05, 0) is 43.0 Å². The smallest absolute Gasteiger partial charge is 0.259 e. The average molecular weight is 461 g/mol. The van der Waals surface area contributed by atoms with E-state index in [2.05, 4.69) is 32.6 Å². The van der Waals surface area contributed by atoms with Gasteiger partial charge in [-0.15, -0.1) is 10.2 Å². The molecule has 1 aliphatic rings. The van der Waals surface area contributed by atoms with E-state index in [9.17, 15) is 9.18 Å². The summed E-state index contributed by atoms with van der Waals surface area (Å²) < 4.78 is 20.1. The topological polar surface area (TPSA) is 77.0 Å². The molecule has 4 aromatic rings. The summed E-state index contributed by atoms with van der Waals surface area (Å²) in [6.45, 7) is 1.79. The van der Waals surface area contributed by atoms with Crippen LogP contribution in [-0.2, 0) is 0 Å². The van der Waals surface area contributed by atoms with Crippen LogP contribution in [0.5, 0.6) is 5.75 Å². The van der Waals surface area contributed by atoms with Crippen molar-refractivity contribution in [1.29, 1.82) is 0 Å².